The minimum atomic E-state index is -2.29. The summed E-state index contributed by atoms with van der Waals surface area (Å²) in [5, 5.41) is 3.41. The number of hydrogen-bond acceptors (Lipinski definition) is 3. The summed E-state index contributed by atoms with van der Waals surface area (Å²) in [4.78, 5) is 5.88. The SMILES string of the molecule is CN(Cc1ccc(CNC2CC2)cn1)CC(F)F. The largest absolute Gasteiger partial charge is 0.310 e. The van der Waals surface area contributed by atoms with Crippen LogP contribution in [0.15, 0.2) is 18.3 Å². The molecule has 0 radical (unpaired) electrons. The van der Waals surface area contributed by atoms with Gasteiger partial charge in [-0.05, 0) is 31.5 Å². The van der Waals surface area contributed by atoms with E-state index in [0.29, 0.717) is 12.6 Å². The second-order valence-electron chi connectivity index (χ2n) is 4.90. The molecule has 5 heteroatoms. The Morgan fingerprint density at radius 2 is 2.22 bits per heavy atom. The fourth-order valence-electron chi connectivity index (χ4n) is 1.78. The van der Waals surface area contributed by atoms with Gasteiger partial charge in [0.05, 0.1) is 12.2 Å². The first-order valence-corrected chi connectivity index (χ1v) is 6.27. The quantitative estimate of drug-likeness (QED) is 0.808. The van der Waals surface area contributed by atoms with Gasteiger partial charge >= 0.3 is 0 Å². The predicted molar refractivity (Wildman–Crippen MR) is 66.4 cm³/mol. The van der Waals surface area contributed by atoms with Crippen LogP contribution in [-0.4, -0.2) is 35.9 Å². The molecule has 3 nitrogen and oxygen atoms in total. The summed E-state index contributed by atoms with van der Waals surface area (Å²) in [6, 6.07) is 4.60. The summed E-state index contributed by atoms with van der Waals surface area (Å²) in [7, 11) is 1.68. The number of aromatic nitrogens is 1. The van der Waals surface area contributed by atoms with Crippen LogP contribution < -0.4 is 5.32 Å². The van der Waals surface area contributed by atoms with Gasteiger partial charge in [-0.2, -0.15) is 0 Å². The highest BCUT2D eigenvalue weighted by molar-refractivity contribution is 5.14. The van der Waals surface area contributed by atoms with Gasteiger partial charge in [0.1, 0.15) is 0 Å². The number of alkyl halides is 2. The Labute approximate surface area is 106 Å². The summed E-state index contributed by atoms with van der Waals surface area (Å²) in [5.74, 6) is 0. The van der Waals surface area contributed by atoms with Crippen LogP contribution in [0.2, 0.25) is 0 Å². The smallest absolute Gasteiger partial charge is 0.251 e. The summed E-state index contributed by atoms with van der Waals surface area (Å²) in [6.07, 6.45) is 2.06. The van der Waals surface area contributed by atoms with Gasteiger partial charge in [-0.15, -0.1) is 0 Å². The predicted octanol–water partition coefficient (Wildman–Crippen LogP) is 2.03. The van der Waals surface area contributed by atoms with Crippen LogP contribution in [0.25, 0.3) is 0 Å². The highest BCUT2D eigenvalue weighted by Crippen LogP contribution is 2.19. The van der Waals surface area contributed by atoms with E-state index >= 15 is 0 Å². The minimum absolute atomic E-state index is 0.216. The first kappa shape index (κ1) is 13.4. The van der Waals surface area contributed by atoms with E-state index < -0.39 is 6.43 Å². The maximum Gasteiger partial charge on any atom is 0.251 e. The van der Waals surface area contributed by atoms with E-state index in [1.807, 2.05) is 18.3 Å². The summed E-state index contributed by atoms with van der Waals surface area (Å²) >= 11 is 0. The number of rotatable bonds is 7. The van der Waals surface area contributed by atoms with Gasteiger partial charge in [0.25, 0.3) is 6.43 Å². The van der Waals surface area contributed by atoms with E-state index in [2.05, 4.69) is 10.3 Å². The Morgan fingerprint density at radius 1 is 1.44 bits per heavy atom. The molecule has 18 heavy (non-hydrogen) atoms. The summed E-state index contributed by atoms with van der Waals surface area (Å²) < 4.78 is 24.3. The zero-order chi connectivity index (χ0) is 13.0. The molecule has 0 aliphatic heterocycles. The number of nitrogens with zero attached hydrogens (tertiary/aromatic N) is 2. The molecule has 1 saturated carbocycles. The average molecular weight is 255 g/mol. The molecule has 2 rings (SSSR count). The van der Waals surface area contributed by atoms with Crippen LogP contribution in [-0.2, 0) is 13.1 Å². The number of hydrogen-bond donors (Lipinski definition) is 1. The molecule has 0 spiro atoms. The molecular formula is C13H19F2N3. The standard InChI is InChI=1S/C13H19F2N3/c1-18(9-13(14)15)8-12-3-2-10(7-17-12)6-16-11-4-5-11/h2-3,7,11,13,16H,4-6,8-9H2,1H3. The van der Waals surface area contributed by atoms with Crippen molar-refractivity contribution in [2.45, 2.75) is 38.4 Å². The van der Waals surface area contributed by atoms with E-state index in [-0.39, 0.29) is 6.54 Å². The van der Waals surface area contributed by atoms with Gasteiger partial charge in [-0.1, -0.05) is 6.07 Å². The second kappa shape index (κ2) is 6.20. The molecule has 100 valence electrons. The lowest BCUT2D eigenvalue weighted by Gasteiger charge is -2.15. The first-order valence-electron chi connectivity index (χ1n) is 6.27. The molecule has 1 aromatic rings. The summed E-state index contributed by atoms with van der Waals surface area (Å²) in [5.41, 5.74) is 1.97. The third kappa shape index (κ3) is 4.66. The number of halogens is 2. The van der Waals surface area contributed by atoms with Crippen LogP contribution in [0.4, 0.5) is 8.78 Å². The molecule has 1 N–H and O–H groups in total. The normalized spacial score (nSPS) is 15.6. The van der Waals surface area contributed by atoms with Crippen LogP contribution in [0, 0.1) is 0 Å². The molecule has 1 aliphatic rings. The van der Waals surface area contributed by atoms with Crippen LogP contribution in [0.1, 0.15) is 24.1 Å². The lowest BCUT2D eigenvalue weighted by Crippen LogP contribution is -2.24. The third-order valence-corrected chi connectivity index (χ3v) is 2.94. The van der Waals surface area contributed by atoms with E-state index in [9.17, 15) is 8.78 Å². The Bertz CT molecular complexity index is 363. The van der Waals surface area contributed by atoms with E-state index in [1.54, 1.807) is 11.9 Å². The fourth-order valence-corrected chi connectivity index (χ4v) is 1.78. The second-order valence-corrected chi connectivity index (χ2v) is 4.90. The topological polar surface area (TPSA) is 28.2 Å². The van der Waals surface area contributed by atoms with Crippen molar-refractivity contribution in [1.29, 1.82) is 0 Å². The zero-order valence-electron chi connectivity index (χ0n) is 10.6. The maximum absolute atomic E-state index is 12.2. The van der Waals surface area contributed by atoms with Gasteiger partial charge in [-0.3, -0.25) is 9.88 Å². The summed E-state index contributed by atoms with van der Waals surface area (Å²) in [6.45, 7) is 1.08. The molecule has 0 atom stereocenters. The molecule has 1 aromatic heterocycles. The van der Waals surface area contributed by atoms with Gasteiger partial charge in [0.15, 0.2) is 0 Å². The van der Waals surface area contributed by atoms with Crippen molar-refractivity contribution >= 4 is 0 Å². The molecule has 0 bridgehead atoms. The van der Waals surface area contributed by atoms with Crippen molar-refractivity contribution in [1.82, 2.24) is 15.2 Å². The van der Waals surface area contributed by atoms with Crippen molar-refractivity contribution in [3.05, 3.63) is 29.6 Å². The highest BCUT2D eigenvalue weighted by atomic mass is 19.3. The Morgan fingerprint density at radius 3 is 2.78 bits per heavy atom. The molecular weight excluding hydrogens is 236 g/mol. The minimum Gasteiger partial charge on any atom is -0.310 e. The zero-order valence-corrected chi connectivity index (χ0v) is 10.6. The molecule has 1 aliphatic carbocycles. The van der Waals surface area contributed by atoms with Crippen molar-refractivity contribution < 1.29 is 8.78 Å². The Balaban J connectivity index is 1.78. The van der Waals surface area contributed by atoms with Crippen molar-refractivity contribution in [2.24, 2.45) is 0 Å². The third-order valence-electron chi connectivity index (χ3n) is 2.94. The maximum atomic E-state index is 12.2. The fraction of sp³-hybridized carbons (Fsp3) is 0.615. The van der Waals surface area contributed by atoms with Crippen LogP contribution >= 0.6 is 0 Å². The van der Waals surface area contributed by atoms with E-state index in [0.717, 1.165) is 17.8 Å². The van der Waals surface area contributed by atoms with Gasteiger partial charge in [0, 0.05) is 25.3 Å². The lowest BCUT2D eigenvalue weighted by atomic mass is 10.2. The van der Waals surface area contributed by atoms with Gasteiger partial charge < -0.3 is 5.32 Å². The van der Waals surface area contributed by atoms with Gasteiger partial charge in [-0.25, -0.2) is 8.78 Å². The molecule has 0 amide bonds. The van der Waals surface area contributed by atoms with Crippen molar-refractivity contribution in [3.63, 3.8) is 0 Å². The monoisotopic (exact) mass is 255 g/mol. The highest BCUT2D eigenvalue weighted by Gasteiger charge is 2.19. The number of nitrogens with one attached hydrogen (secondary N) is 1. The Hall–Kier alpha value is -1.07. The molecule has 1 fully saturated rings. The van der Waals surface area contributed by atoms with E-state index in [4.69, 9.17) is 0 Å². The number of pyridine rings is 1. The first-order chi connectivity index (χ1) is 8.63. The van der Waals surface area contributed by atoms with Crippen LogP contribution in [0.3, 0.4) is 0 Å². The molecule has 0 unspecified atom stereocenters. The molecule has 1 heterocycles. The lowest BCUT2D eigenvalue weighted by molar-refractivity contribution is 0.0970. The Kier molecular flexibility index (Phi) is 4.60. The van der Waals surface area contributed by atoms with E-state index in [1.165, 1.54) is 12.8 Å². The van der Waals surface area contributed by atoms with Gasteiger partial charge in [0.2, 0.25) is 0 Å². The average Bonchev–Trinajstić information content (AvgIpc) is 3.11. The van der Waals surface area contributed by atoms with Crippen LogP contribution in [0.5, 0.6) is 0 Å². The van der Waals surface area contributed by atoms with Crippen molar-refractivity contribution in [3.8, 4) is 0 Å². The van der Waals surface area contributed by atoms with Crippen molar-refractivity contribution in [2.75, 3.05) is 13.6 Å². The molecule has 0 aromatic carbocycles. The molecule has 0 saturated heterocycles.